The largest absolute Gasteiger partial charge is 0.496 e. The number of ether oxygens (including phenoxy) is 1. The second-order valence-electron chi connectivity index (χ2n) is 6.19. The van der Waals surface area contributed by atoms with Crippen molar-refractivity contribution in [1.29, 1.82) is 0 Å². The molecule has 0 unspecified atom stereocenters. The van der Waals surface area contributed by atoms with Crippen LogP contribution >= 0.6 is 0 Å². The Hall–Kier alpha value is -1.55. The number of amides is 1. The molecule has 0 spiro atoms. The maximum Gasteiger partial charge on any atom is 0.234 e. The van der Waals surface area contributed by atoms with Gasteiger partial charge in [-0.3, -0.25) is 9.69 Å². The fourth-order valence-electron chi connectivity index (χ4n) is 3.40. The van der Waals surface area contributed by atoms with Crippen LogP contribution in [0, 0.1) is 0 Å². The quantitative estimate of drug-likeness (QED) is 0.878. The first-order valence-corrected chi connectivity index (χ1v) is 8.24. The molecule has 1 N–H and O–H groups in total. The molecule has 2 rings (SSSR count). The first-order chi connectivity index (χ1) is 10.6. The van der Waals surface area contributed by atoms with Gasteiger partial charge in [0, 0.05) is 17.6 Å². The summed E-state index contributed by atoms with van der Waals surface area (Å²) < 4.78 is 5.37. The molecule has 3 atom stereocenters. The van der Waals surface area contributed by atoms with E-state index in [1.807, 2.05) is 31.2 Å². The molecule has 1 fully saturated rings. The Labute approximate surface area is 133 Å². The van der Waals surface area contributed by atoms with Gasteiger partial charge in [0.05, 0.1) is 19.7 Å². The number of hydrogen-bond acceptors (Lipinski definition) is 3. The summed E-state index contributed by atoms with van der Waals surface area (Å²) >= 11 is 0. The van der Waals surface area contributed by atoms with Crippen molar-refractivity contribution >= 4 is 5.91 Å². The summed E-state index contributed by atoms with van der Waals surface area (Å²) in [6.07, 6.45) is 3.50. The predicted molar refractivity (Wildman–Crippen MR) is 89.0 cm³/mol. The molecule has 1 amide bonds. The molecule has 1 aromatic carbocycles. The zero-order valence-electron chi connectivity index (χ0n) is 14.1. The highest BCUT2D eigenvalue weighted by atomic mass is 16.5. The summed E-state index contributed by atoms with van der Waals surface area (Å²) in [4.78, 5) is 14.7. The van der Waals surface area contributed by atoms with Crippen LogP contribution in [0.25, 0.3) is 0 Å². The van der Waals surface area contributed by atoms with Crippen LogP contribution in [0.3, 0.4) is 0 Å². The van der Waals surface area contributed by atoms with E-state index in [0.717, 1.165) is 17.7 Å². The molecule has 4 nitrogen and oxygen atoms in total. The highest BCUT2D eigenvalue weighted by molar-refractivity contribution is 5.78. The molecule has 22 heavy (non-hydrogen) atoms. The minimum Gasteiger partial charge on any atom is -0.496 e. The number of methoxy groups -OCH3 is 1. The van der Waals surface area contributed by atoms with Gasteiger partial charge in [0.1, 0.15) is 5.75 Å². The lowest BCUT2D eigenvalue weighted by Gasteiger charge is -2.27. The van der Waals surface area contributed by atoms with E-state index in [1.165, 1.54) is 12.8 Å². The molecule has 0 aliphatic carbocycles. The Balaban J connectivity index is 1.96. The average Bonchev–Trinajstić information content (AvgIpc) is 2.87. The van der Waals surface area contributed by atoms with E-state index < -0.39 is 0 Å². The molecule has 122 valence electrons. The number of nitrogens with one attached hydrogen (secondary N) is 1. The normalized spacial score (nSPS) is 23.3. The van der Waals surface area contributed by atoms with Gasteiger partial charge in [-0.1, -0.05) is 25.1 Å². The number of hydrogen-bond donors (Lipinski definition) is 1. The van der Waals surface area contributed by atoms with Crippen molar-refractivity contribution in [2.45, 2.75) is 58.2 Å². The van der Waals surface area contributed by atoms with E-state index in [4.69, 9.17) is 4.74 Å². The van der Waals surface area contributed by atoms with Gasteiger partial charge in [-0.2, -0.15) is 0 Å². The number of para-hydroxylation sites is 1. The van der Waals surface area contributed by atoms with Crippen LogP contribution < -0.4 is 10.1 Å². The summed E-state index contributed by atoms with van der Waals surface area (Å²) in [5.41, 5.74) is 1.01. The van der Waals surface area contributed by atoms with E-state index in [0.29, 0.717) is 18.6 Å². The molecular weight excluding hydrogens is 276 g/mol. The second kappa shape index (κ2) is 7.63. The van der Waals surface area contributed by atoms with E-state index in [1.54, 1.807) is 7.11 Å². The van der Waals surface area contributed by atoms with Gasteiger partial charge >= 0.3 is 0 Å². The molecule has 1 aliphatic heterocycles. The van der Waals surface area contributed by atoms with Crippen molar-refractivity contribution in [1.82, 2.24) is 10.2 Å². The number of carbonyl (C=O) groups is 1. The fraction of sp³-hybridized carbons (Fsp3) is 0.611. The van der Waals surface area contributed by atoms with Crippen LogP contribution in [0.2, 0.25) is 0 Å². The van der Waals surface area contributed by atoms with Crippen LogP contribution in [-0.4, -0.2) is 36.5 Å². The van der Waals surface area contributed by atoms with Gasteiger partial charge in [0.15, 0.2) is 0 Å². The van der Waals surface area contributed by atoms with Crippen molar-refractivity contribution in [3.63, 3.8) is 0 Å². The Morgan fingerprint density at radius 3 is 2.82 bits per heavy atom. The molecular formula is C18H28N2O2. The Morgan fingerprint density at radius 1 is 1.41 bits per heavy atom. The van der Waals surface area contributed by atoms with Gasteiger partial charge in [0.25, 0.3) is 0 Å². The van der Waals surface area contributed by atoms with Crippen molar-refractivity contribution in [3.8, 4) is 5.75 Å². The lowest BCUT2D eigenvalue weighted by molar-refractivity contribution is -0.123. The third kappa shape index (κ3) is 3.80. The van der Waals surface area contributed by atoms with Crippen molar-refractivity contribution in [2.75, 3.05) is 13.7 Å². The van der Waals surface area contributed by atoms with E-state index >= 15 is 0 Å². The molecule has 1 aliphatic rings. The molecule has 0 saturated carbocycles. The summed E-state index contributed by atoms with van der Waals surface area (Å²) in [5.74, 6) is 0.905. The molecule has 0 bridgehead atoms. The van der Waals surface area contributed by atoms with Gasteiger partial charge in [-0.05, 0) is 39.2 Å². The van der Waals surface area contributed by atoms with Crippen LogP contribution in [0.4, 0.5) is 0 Å². The summed E-state index contributed by atoms with van der Waals surface area (Å²) in [5, 5.41) is 3.10. The zero-order valence-corrected chi connectivity index (χ0v) is 14.1. The number of rotatable bonds is 6. The van der Waals surface area contributed by atoms with Crippen LogP contribution in [0.5, 0.6) is 5.75 Å². The minimum atomic E-state index is -0.0540. The van der Waals surface area contributed by atoms with E-state index in [9.17, 15) is 4.79 Å². The molecule has 0 aromatic heterocycles. The Kier molecular flexibility index (Phi) is 5.83. The van der Waals surface area contributed by atoms with Crippen LogP contribution in [0.1, 0.15) is 51.6 Å². The lowest BCUT2D eigenvalue weighted by atomic mass is 10.1. The van der Waals surface area contributed by atoms with Crippen molar-refractivity contribution in [3.05, 3.63) is 29.8 Å². The summed E-state index contributed by atoms with van der Waals surface area (Å²) in [6, 6.07) is 8.82. The van der Waals surface area contributed by atoms with Gasteiger partial charge < -0.3 is 10.1 Å². The van der Waals surface area contributed by atoms with Crippen LogP contribution in [0.15, 0.2) is 24.3 Å². The standard InChI is InChI=1S/C18H28N2O2/c1-5-15-11-10-13(2)20(15)12-18(21)19-14(3)16-8-6-7-9-17(16)22-4/h6-9,13-15H,5,10-12H2,1-4H3,(H,19,21)/t13-,14-,15+/m0/s1. The van der Waals surface area contributed by atoms with Gasteiger partial charge in [0.2, 0.25) is 5.91 Å². The maximum atomic E-state index is 12.4. The number of carbonyl (C=O) groups excluding carboxylic acids is 1. The number of nitrogens with zero attached hydrogens (tertiary/aromatic N) is 1. The third-order valence-corrected chi connectivity index (χ3v) is 4.73. The topological polar surface area (TPSA) is 41.6 Å². The monoisotopic (exact) mass is 304 g/mol. The minimum absolute atomic E-state index is 0.0540. The Bertz CT molecular complexity index is 504. The van der Waals surface area contributed by atoms with E-state index in [2.05, 4.69) is 24.1 Å². The predicted octanol–water partition coefficient (Wildman–Crippen LogP) is 3.14. The molecule has 4 heteroatoms. The molecule has 1 heterocycles. The zero-order chi connectivity index (χ0) is 16.1. The first-order valence-electron chi connectivity index (χ1n) is 8.24. The average molecular weight is 304 g/mol. The van der Waals surface area contributed by atoms with Crippen molar-refractivity contribution < 1.29 is 9.53 Å². The number of benzene rings is 1. The third-order valence-electron chi connectivity index (χ3n) is 4.73. The molecule has 1 saturated heterocycles. The maximum absolute atomic E-state index is 12.4. The van der Waals surface area contributed by atoms with Crippen LogP contribution in [-0.2, 0) is 4.79 Å². The molecule has 1 aromatic rings. The fourth-order valence-corrected chi connectivity index (χ4v) is 3.40. The SMILES string of the molecule is CC[C@@H]1CC[C@H](C)N1CC(=O)N[C@@H](C)c1ccccc1OC. The lowest BCUT2D eigenvalue weighted by Crippen LogP contribution is -2.43. The summed E-state index contributed by atoms with van der Waals surface area (Å²) in [6.45, 7) is 6.90. The second-order valence-corrected chi connectivity index (χ2v) is 6.19. The summed E-state index contributed by atoms with van der Waals surface area (Å²) in [7, 11) is 1.66. The first kappa shape index (κ1) is 16.8. The highest BCUT2D eigenvalue weighted by Gasteiger charge is 2.30. The van der Waals surface area contributed by atoms with Gasteiger partial charge in [-0.25, -0.2) is 0 Å². The van der Waals surface area contributed by atoms with Gasteiger partial charge in [-0.15, -0.1) is 0 Å². The number of likely N-dealkylation sites (tertiary alicyclic amines) is 1. The Morgan fingerprint density at radius 2 is 2.14 bits per heavy atom. The molecule has 0 radical (unpaired) electrons. The highest BCUT2D eigenvalue weighted by Crippen LogP contribution is 2.26. The smallest absolute Gasteiger partial charge is 0.234 e. The van der Waals surface area contributed by atoms with E-state index in [-0.39, 0.29) is 11.9 Å². The van der Waals surface area contributed by atoms with Crippen molar-refractivity contribution in [2.24, 2.45) is 0 Å².